The topological polar surface area (TPSA) is 83.7 Å². The summed E-state index contributed by atoms with van der Waals surface area (Å²) in [5, 5.41) is 2.95. The van der Waals surface area contributed by atoms with Crippen molar-refractivity contribution in [2.24, 2.45) is 0 Å². The molecule has 0 saturated carbocycles. The lowest BCUT2D eigenvalue weighted by Crippen LogP contribution is -2.05. The van der Waals surface area contributed by atoms with E-state index in [2.05, 4.69) is 4.98 Å². The SMILES string of the molecule is CCOC(=O)c1cnc(Cl)c2c(COc3cccc(OCc4cccc(N)c4)c3)csc12. The van der Waals surface area contributed by atoms with Gasteiger partial charge in [-0.15, -0.1) is 11.3 Å². The van der Waals surface area contributed by atoms with Crippen LogP contribution in [0.15, 0.2) is 60.1 Å². The average Bonchev–Trinajstić information content (AvgIpc) is 3.22. The summed E-state index contributed by atoms with van der Waals surface area (Å²) in [4.78, 5) is 16.4. The van der Waals surface area contributed by atoms with Gasteiger partial charge in [0.05, 0.1) is 16.9 Å². The molecule has 4 rings (SSSR count). The van der Waals surface area contributed by atoms with Gasteiger partial charge >= 0.3 is 5.97 Å². The Morgan fingerprint density at radius 3 is 2.59 bits per heavy atom. The summed E-state index contributed by atoms with van der Waals surface area (Å²) in [5.41, 5.74) is 8.75. The van der Waals surface area contributed by atoms with E-state index >= 15 is 0 Å². The van der Waals surface area contributed by atoms with E-state index in [-0.39, 0.29) is 6.61 Å². The molecule has 0 saturated heterocycles. The number of nitrogen functional groups attached to an aromatic ring is 1. The number of thiophene rings is 1. The molecule has 0 atom stereocenters. The second kappa shape index (κ2) is 9.89. The van der Waals surface area contributed by atoms with Crippen molar-refractivity contribution in [1.29, 1.82) is 0 Å². The van der Waals surface area contributed by atoms with E-state index in [0.29, 0.717) is 46.5 Å². The number of nitrogens with two attached hydrogens (primary N) is 1. The van der Waals surface area contributed by atoms with Gasteiger partial charge in [-0.05, 0) is 42.1 Å². The molecular weight excluding hydrogens is 448 g/mol. The quantitative estimate of drug-likeness (QED) is 0.198. The van der Waals surface area contributed by atoms with Crippen LogP contribution in [0.5, 0.6) is 11.5 Å². The first-order valence-electron chi connectivity index (χ1n) is 9.97. The highest BCUT2D eigenvalue weighted by Gasteiger charge is 2.18. The van der Waals surface area contributed by atoms with Crippen LogP contribution in [-0.2, 0) is 18.0 Å². The highest BCUT2D eigenvalue weighted by Crippen LogP contribution is 2.34. The second-order valence-electron chi connectivity index (χ2n) is 6.95. The lowest BCUT2D eigenvalue weighted by Gasteiger charge is -2.10. The number of pyridine rings is 1. The second-order valence-corrected chi connectivity index (χ2v) is 8.18. The number of carbonyl (C=O) groups excluding carboxylic acids is 1. The first-order chi connectivity index (χ1) is 15.5. The average molecular weight is 469 g/mol. The molecule has 0 aliphatic carbocycles. The van der Waals surface area contributed by atoms with Crippen LogP contribution in [0.4, 0.5) is 5.69 Å². The minimum Gasteiger partial charge on any atom is -0.489 e. The number of rotatable bonds is 8. The van der Waals surface area contributed by atoms with Gasteiger partial charge in [0.2, 0.25) is 0 Å². The predicted octanol–water partition coefficient (Wildman–Crippen LogP) is 5.87. The van der Waals surface area contributed by atoms with Crippen LogP contribution in [0.25, 0.3) is 10.1 Å². The zero-order valence-electron chi connectivity index (χ0n) is 17.3. The molecule has 0 aliphatic heterocycles. The molecule has 6 nitrogen and oxygen atoms in total. The van der Waals surface area contributed by atoms with E-state index in [1.807, 2.05) is 53.9 Å². The fraction of sp³-hybridized carbons (Fsp3) is 0.167. The molecule has 8 heteroatoms. The van der Waals surface area contributed by atoms with Crippen LogP contribution in [0.2, 0.25) is 5.15 Å². The molecule has 0 fully saturated rings. The van der Waals surface area contributed by atoms with Crippen molar-refractivity contribution >= 4 is 44.7 Å². The highest BCUT2D eigenvalue weighted by atomic mass is 35.5. The van der Waals surface area contributed by atoms with E-state index in [9.17, 15) is 4.79 Å². The number of ether oxygens (including phenoxy) is 3. The number of aromatic nitrogens is 1. The van der Waals surface area contributed by atoms with E-state index in [1.165, 1.54) is 17.5 Å². The maximum absolute atomic E-state index is 12.2. The van der Waals surface area contributed by atoms with Gasteiger partial charge in [0.15, 0.2) is 0 Å². The maximum Gasteiger partial charge on any atom is 0.341 e. The van der Waals surface area contributed by atoms with Gasteiger partial charge in [0.1, 0.15) is 29.9 Å². The molecule has 0 aliphatic rings. The monoisotopic (exact) mass is 468 g/mol. The molecule has 0 amide bonds. The fourth-order valence-electron chi connectivity index (χ4n) is 3.19. The molecule has 2 aromatic carbocycles. The Hall–Kier alpha value is -3.29. The fourth-order valence-corrected chi connectivity index (χ4v) is 4.56. The molecule has 4 aromatic rings. The molecule has 164 valence electrons. The number of benzene rings is 2. The molecule has 0 bridgehead atoms. The molecule has 2 N–H and O–H groups in total. The predicted molar refractivity (Wildman–Crippen MR) is 127 cm³/mol. The lowest BCUT2D eigenvalue weighted by molar-refractivity contribution is 0.0528. The summed E-state index contributed by atoms with van der Waals surface area (Å²) in [5.74, 6) is 0.922. The van der Waals surface area contributed by atoms with Gasteiger partial charge in [0, 0.05) is 28.9 Å². The van der Waals surface area contributed by atoms with Crippen molar-refractivity contribution in [3.63, 3.8) is 0 Å². The van der Waals surface area contributed by atoms with Gasteiger partial charge in [-0.25, -0.2) is 9.78 Å². The van der Waals surface area contributed by atoms with Crippen molar-refractivity contribution in [3.05, 3.63) is 82.0 Å². The standard InChI is InChI=1S/C24H21ClN2O4S/c1-2-29-24(28)20-11-27-23(25)21-16(14-32-22(20)21)13-31-19-8-4-7-18(10-19)30-12-15-5-3-6-17(26)9-15/h3-11,14H,2,12-13,26H2,1H3. The van der Waals surface area contributed by atoms with Gasteiger partial charge in [-0.2, -0.15) is 0 Å². The van der Waals surface area contributed by atoms with E-state index in [0.717, 1.165) is 15.8 Å². The number of fused-ring (bicyclic) bond motifs is 1. The lowest BCUT2D eigenvalue weighted by atomic mass is 10.2. The van der Waals surface area contributed by atoms with Crippen LogP contribution in [0.3, 0.4) is 0 Å². The summed E-state index contributed by atoms with van der Waals surface area (Å²) < 4.78 is 17.7. The summed E-state index contributed by atoms with van der Waals surface area (Å²) in [6.45, 7) is 2.73. The molecule has 0 radical (unpaired) electrons. The third-order valence-electron chi connectivity index (χ3n) is 4.68. The zero-order valence-corrected chi connectivity index (χ0v) is 18.9. The minimum absolute atomic E-state index is 0.270. The number of anilines is 1. The smallest absolute Gasteiger partial charge is 0.341 e. The number of hydrogen-bond donors (Lipinski definition) is 1. The third kappa shape index (κ3) is 4.95. The number of halogens is 1. The van der Waals surface area contributed by atoms with Crippen molar-refractivity contribution in [2.75, 3.05) is 12.3 Å². The van der Waals surface area contributed by atoms with Crippen LogP contribution < -0.4 is 15.2 Å². The van der Waals surface area contributed by atoms with Crippen molar-refractivity contribution in [2.45, 2.75) is 20.1 Å². The zero-order chi connectivity index (χ0) is 22.5. The highest BCUT2D eigenvalue weighted by molar-refractivity contribution is 7.17. The Balaban J connectivity index is 1.47. The third-order valence-corrected chi connectivity index (χ3v) is 6.03. The van der Waals surface area contributed by atoms with Crippen LogP contribution in [-0.4, -0.2) is 17.6 Å². The Kier molecular flexibility index (Phi) is 6.78. The molecule has 0 unspecified atom stereocenters. The molecule has 2 aromatic heterocycles. The van der Waals surface area contributed by atoms with Gasteiger partial charge in [-0.3, -0.25) is 0 Å². The van der Waals surface area contributed by atoms with Crippen LogP contribution >= 0.6 is 22.9 Å². The van der Waals surface area contributed by atoms with E-state index in [1.54, 1.807) is 6.92 Å². The van der Waals surface area contributed by atoms with E-state index in [4.69, 9.17) is 31.5 Å². The first kappa shape index (κ1) is 21.9. The Morgan fingerprint density at radius 1 is 1.09 bits per heavy atom. The summed E-state index contributed by atoms with van der Waals surface area (Å²) >= 11 is 7.75. The number of hydrogen-bond acceptors (Lipinski definition) is 7. The van der Waals surface area contributed by atoms with Crippen LogP contribution in [0, 0.1) is 0 Å². The first-order valence-corrected chi connectivity index (χ1v) is 11.2. The number of nitrogens with zero attached hydrogens (tertiary/aromatic N) is 1. The molecular formula is C24H21ClN2O4S. The minimum atomic E-state index is -0.416. The Bertz CT molecular complexity index is 1260. The Labute approximate surface area is 194 Å². The number of esters is 1. The molecule has 0 spiro atoms. The molecule has 32 heavy (non-hydrogen) atoms. The van der Waals surface area contributed by atoms with E-state index < -0.39 is 5.97 Å². The van der Waals surface area contributed by atoms with Gasteiger partial charge < -0.3 is 19.9 Å². The van der Waals surface area contributed by atoms with Crippen molar-refractivity contribution in [3.8, 4) is 11.5 Å². The van der Waals surface area contributed by atoms with Gasteiger partial charge in [-0.1, -0.05) is 29.8 Å². The number of carbonyl (C=O) groups is 1. The summed E-state index contributed by atoms with van der Waals surface area (Å²) in [7, 11) is 0. The maximum atomic E-state index is 12.2. The summed E-state index contributed by atoms with van der Waals surface area (Å²) in [6.07, 6.45) is 1.45. The Morgan fingerprint density at radius 2 is 1.84 bits per heavy atom. The summed E-state index contributed by atoms with van der Waals surface area (Å²) in [6, 6.07) is 15.0. The normalized spacial score (nSPS) is 10.8. The van der Waals surface area contributed by atoms with Crippen molar-refractivity contribution < 1.29 is 19.0 Å². The van der Waals surface area contributed by atoms with Crippen LogP contribution in [0.1, 0.15) is 28.4 Å². The largest absolute Gasteiger partial charge is 0.489 e. The van der Waals surface area contributed by atoms with Gasteiger partial charge in [0.25, 0.3) is 0 Å². The van der Waals surface area contributed by atoms with Crippen molar-refractivity contribution in [1.82, 2.24) is 4.98 Å². The molecule has 2 heterocycles.